The van der Waals surface area contributed by atoms with Crippen LogP contribution < -0.4 is 19.5 Å². The first-order valence-electron chi connectivity index (χ1n) is 8.75. The summed E-state index contributed by atoms with van der Waals surface area (Å²) in [5.41, 5.74) is 3.71. The highest BCUT2D eigenvalue weighted by Gasteiger charge is 2.17. The van der Waals surface area contributed by atoms with Crippen LogP contribution >= 0.6 is 0 Å². The summed E-state index contributed by atoms with van der Waals surface area (Å²) in [4.78, 5) is 12.6. The highest BCUT2D eigenvalue weighted by atomic mass is 16.5. The van der Waals surface area contributed by atoms with Crippen LogP contribution in [0.4, 0.5) is 5.69 Å². The molecule has 0 unspecified atom stereocenters. The van der Waals surface area contributed by atoms with E-state index < -0.39 is 0 Å². The number of amides is 1. The van der Waals surface area contributed by atoms with Crippen LogP contribution in [0.25, 0.3) is 11.3 Å². The number of carbonyl (C=O) groups excluding carboxylic acids is 1. The molecule has 0 bridgehead atoms. The predicted octanol–water partition coefficient (Wildman–Crippen LogP) is 3.59. The van der Waals surface area contributed by atoms with Crippen LogP contribution in [0.3, 0.4) is 0 Å². The summed E-state index contributed by atoms with van der Waals surface area (Å²) in [7, 11) is 4.76. The van der Waals surface area contributed by atoms with E-state index >= 15 is 0 Å². The van der Waals surface area contributed by atoms with Gasteiger partial charge in [0.25, 0.3) is 0 Å². The molecule has 1 amide bonds. The minimum absolute atomic E-state index is 0.139. The molecular weight excluding hydrogens is 358 g/mol. The van der Waals surface area contributed by atoms with Gasteiger partial charge in [-0.1, -0.05) is 12.1 Å². The minimum atomic E-state index is -0.139. The SMILES string of the molecule is COc1cccc(CC(=O)Nc2c(-c3ccc(OC)c(OC)c3)n[nH]c2C)c1. The third kappa shape index (κ3) is 4.09. The van der Waals surface area contributed by atoms with Crippen molar-refractivity contribution in [2.45, 2.75) is 13.3 Å². The van der Waals surface area contributed by atoms with Gasteiger partial charge in [-0.3, -0.25) is 9.89 Å². The molecule has 3 aromatic rings. The van der Waals surface area contributed by atoms with Gasteiger partial charge in [-0.25, -0.2) is 0 Å². The average molecular weight is 381 g/mol. The maximum Gasteiger partial charge on any atom is 0.228 e. The summed E-state index contributed by atoms with van der Waals surface area (Å²) >= 11 is 0. The number of nitrogens with zero attached hydrogens (tertiary/aromatic N) is 1. The number of hydrogen-bond donors (Lipinski definition) is 2. The molecule has 7 heteroatoms. The van der Waals surface area contributed by atoms with Crippen molar-refractivity contribution in [1.29, 1.82) is 0 Å². The lowest BCUT2D eigenvalue weighted by molar-refractivity contribution is -0.115. The van der Waals surface area contributed by atoms with E-state index in [-0.39, 0.29) is 12.3 Å². The zero-order chi connectivity index (χ0) is 20.1. The van der Waals surface area contributed by atoms with Crippen molar-refractivity contribution in [1.82, 2.24) is 10.2 Å². The number of rotatable bonds is 7. The monoisotopic (exact) mass is 381 g/mol. The van der Waals surface area contributed by atoms with Gasteiger partial charge in [0.05, 0.1) is 39.1 Å². The van der Waals surface area contributed by atoms with Gasteiger partial charge in [-0.15, -0.1) is 0 Å². The lowest BCUT2D eigenvalue weighted by Crippen LogP contribution is -2.15. The van der Waals surface area contributed by atoms with Crippen molar-refractivity contribution in [3.63, 3.8) is 0 Å². The quantitative estimate of drug-likeness (QED) is 0.653. The number of aromatic nitrogens is 2. The molecule has 0 aliphatic carbocycles. The molecule has 2 aromatic carbocycles. The van der Waals surface area contributed by atoms with E-state index in [4.69, 9.17) is 14.2 Å². The molecule has 3 rings (SSSR count). The van der Waals surface area contributed by atoms with Crippen molar-refractivity contribution >= 4 is 11.6 Å². The molecule has 0 saturated carbocycles. The number of anilines is 1. The van der Waals surface area contributed by atoms with Crippen LogP contribution in [0.5, 0.6) is 17.2 Å². The van der Waals surface area contributed by atoms with E-state index in [0.29, 0.717) is 22.9 Å². The fraction of sp³-hybridized carbons (Fsp3) is 0.238. The molecule has 0 aliphatic rings. The second-order valence-electron chi connectivity index (χ2n) is 6.22. The maximum atomic E-state index is 12.6. The molecule has 28 heavy (non-hydrogen) atoms. The number of ether oxygens (including phenoxy) is 3. The van der Waals surface area contributed by atoms with Crippen molar-refractivity contribution in [3.8, 4) is 28.5 Å². The number of H-pyrrole nitrogens is 1. The van der Waals surface area contributed by atoms with Crippen LogP contribution in [0.1, 0.15) is 11.3 Å². The molecule has 146 valence electrons. The van der Waals surface area contributed by atoms with Gasteiger partial charge in [0.1, 0.15) is 11.4 Å². The predicted molar refractivity (Wildman–Crippen MR) is 107 cm³/mol. The van der Waals surface area contributed by atoms with Gasteiger partial charge in [0.15, 0.2) is 11.5 Å². The second-order valence-corrected chi connectivity index (χ2v) is 6.22. The number of aryl methyl sites for hydroxylation is 1. The zero-order valence-electron chi connectivity index (χ0n) is 16.3. The van der Waals surface area contributed by atoms with E-state index in [1.54, 1.807) is 27.4 Å². The first-order chi connectivity index (χ1) is 13.5. The number of nitrogens with one attached hydrogen (secondary N) is 2. The largest absolute Gasteiger partial charge is 0.497 e. The Morgan fingerprint density at radius 1 is 1.04 bits per heavy atom. The van der Waals surface area contributed by atoms with E-state index in [9.17, 15) is 4.79 Å². The molecule has 0 fully saturated rings. The van der Waals surface area contributed by atoms with Crippen LogP contribution in [-0.2, 0) is 11.2 Å². The Morgan fingerprint density at radius 2 is 1.82 bits per heavy atom. The summed E-state index contributed by atoms with van der Waals surface area (Å²) in [5, 5.41) is 10.2. The Bertz CT molecular complexity index is 982. The Kier molecular flexibility index (Phi) is 5.84. The van der Waals surface area contributed by atoms with Crippen molar-refractivity contribution in [3.05, 3.63) is 53.7 Å². The van der Waals surface area contributed by atoms with E-state index in [1.165, 1.54) is 0 Å². The number of hydrogen-bond acceptors (Lipinski definition) is 5. The van der Waals surface area contributed by atoms with Crippen molar-refractivity contribution < 1.29 is 19.0 Å². The van der Waals surface area contributed by atoms with Crippen LogP contribution in [0.2, 0.25) is 0 Å². The van der Waals surface area contributed by atoms with Gasteiger partial charge >= 0.3 is 0 Å². The Labute approximate surface area is 163 Å². The van der Waals surface area contributed by atoms with E-state index in [2.05, 4.69) is 15.5 Å². The smallest absolute Gasteiger partial charge is 0.228 e. The second kappa shape index (κ2) is 8.47. The van der Waals surface area contributed by atoms with Crippen LogP contribution in [-0.4, -0.2) is 37.4 Å². The van der Waals surface area contributed by atoms with Crippen LogP contribution in [0, 0.1) is 6.92 Å². The summed E-state index contributed by atoms with van der Waals surface area (Å²) in [5.74, 6) is 1.80. The number of aromatic amines is 1. The number of carbonyl (C=O) groups is 1. The third-order valence-corrected chi connectivity index (χ3v) is 4.37. The molecule has 0 atom stereocenters. The molecule has 1 heterocycles. The van der Waals surface area contributed by atoms with Crippen molar-refractivity contribution in [2.75, 3.05) is 26.6 Å². The molecular formula is C21H23N3O4. The summed E-state index contributed by atoms with van der Waals surface area (Å²) in [6, 6.07) is 12.9. The first-order valence-corrected chi connectivity index (χ1v) is 8.75. The van der Waals surface area contributed by atoms with Gasteiger partial charge in [0.2, 0.25) is 5.91 Å². The molecule has 0 spiro atoms. The molecule has 0 saturated heterocycles. The highest BCUT2D eigenvalue weighted by molar-refractivity contribution is 5.96. The fourth-order valence-electron chi connectivity index (χ4n) is 2.93. The van der Waals surface area contributed by atoms with Crippen LogP contribution in [0.15, 0.2) is 42.5 Å². The first kappa shape index (κ1) is 19.3. The normalized spacial score (nSPS) is 10.4. The maximum absolute atomic E-state index is 12.6. The van der Waals surface area contributed by atoms with Gasteiger partial charge in [-0.2, -0.15) is 5.10 Å². The topological polar surface area (TPSA) is 85.5 Å². The third-order valence-electron chi connectivity index (χ3n) is 4.37. The summed E-state index contributed by atoms with van der Waals surface area (Å²) in [6.45, 7) is 1.86. The summed E-state index contributed by atoms with van der Waals surface area (Å²) < 4.78 is 15.9. The Hall–Kier alpha value is -3.48. The van der Waals surface area contributed by atoms with Crippen molar-refractivity contribution in [2.24, 2.45) is 0 Å². The standard InChI is InChI=1S/C21H23N3O4/c1-13-20(22-19(25)11-14-6-5-7-16(10-14)26-2)21(24-23-13)15-8-9-17(27-3)18(12-15)28-4/h5-10,12H,11H2,1-4H3,(H,22,25)(H,23,24). The van der Waals surface area contributed by atoms with Gasteiger partial charge < -0.3 is 19.5 Å². The lowest BCUT2D eigenvalue weighted by Gasteiger charge is -2.11. The molecule has 7 nitrogen and oxygen atoms in total. The van der Waals surface area contributed by atoms with Gasteiger partial charge in [0, 0.05) is 5.56 Å². The molecule has 0 aliphatic heterocycles. The molecule has 2 N–H and O–H groups in total. The Balaban J connectivity index is 1.84. The average Bonchev–Trinajstić information content (AvgIpc) is 3.07. The van der Waals surface area contributed by atoms with E-state index in [1.807, 2.05) is 43.3 Å². The number of benzene rings is 2. The zero-order valence-corrected chi connectivity index (χ0v) is 16.3. The molecule has 1 aromatic heterocycles. The summed E-state index contributed by atoms with van der Waals surface area (Å²) in [6.07, 6.45) is 0.229. The lowest BCUT2D eigenvalue weighted by atomic mass is 10.1. The fourth-order valence-corrected chi connectivity index (χ4v) is 2.93. The minimum Gasteiger partial charge on any atom is -0.497 e. The van der Waals surface area contributed by atoms with Gasteiger partial charge in [-0.05, 0) is 42.8 Å². The number of methoxy groups -OCH3 is 3. The Morgan fingerprint density at radius 3 is 2.54 bits per heavy atom. The highest BCUT2D eigenvalue weighted by Crippen LogP contribution is 2.35. The van der Waals surface area contributed by atoms with E-state index in [0.717, 1.165) is 22.6 Å². The molecule has 0 radical (unpaired) electrons.